The molecular formula is C19H32N2. The number of nitrogens with one attached hydrogen (secondary N) is 1. The van der Waals surface area contributed by atoms with Gasteiger partial charge in [0.25, 0.3) is 0 Å². The molecule has 0 amide bonds. The SMILES string of the molecule is CC(C)CC1CN(CCC(C)(C)C)c2ccccc2CN1. The fourth-order valence-corrected chi connectivity index (χ4v) is 3.06. The molecule has 2 rings (SSSR count). The molecule has 118 valence electrons. The lowest BCUT2D eigenvalue weighted by Crippen LogP contribution is -2.40. The van der Waals surface area contributed by atoms with Crippen molar-refractivity contribution < 1.29 is 0 Å². The molecule has 1 unspecified atom stereocenters. The molecule has 0 bridgehead atoms. The second-order valence-corrected chi connectivity index (χ2v) is 8.09. The van der Waals surface area contributed by atoms with E-state index in [0.29, 0.717) is 11.5 Å². The van der Waals surface area contributed by atoms with Crippen LogP contribution in [0.2, 0.25) is 0 Å². The summed E-state index contributed by atoms with van der Waals surface area (Å²) in [5.74, 6) is 0.744. The average Bonchev–Trinajstić information content (AvgIpc) is 2.55. The van der Waals surface area contributed by atoms with E-state index in [1.54, 1.807) is 0 Å². The van der Waals surface area contributed by atoms with Crippen LogP contribution < -0.4 is 10.2 Å². The van der Waals surface area contributed by atoms with Gasteiger partial charge in [-0.15, -0.1) is 0 Å². The van der Waals surface area contributed by atoms with E-state index >= 15 is 0 Å². The summed E-state index contributed by atoms with van der Waals surface area (Å²) < 4.78 is 0. The van der Waals surface area contributed by atoms with Crippen molar-refractivity contribution in [2.75, 3.05) is 18.0 Å². The van der Waals surface area contributed by atoms with Gasteiger partial charge in [-0.2, -0.15) is 0 Å². The predicted molar refractivity (Wildman–Crippen MR) is 92.8 cm³/mol. The largest absolute Gasteiger partial charge is 0.370 e. The van der Waals surface area contributed by atoms with Gasteiger partial charge in [0.05, 0.1) is 0 Å². The lowest BCUT2D eigenvalue weighted by atomic mass is 9.92. The smallest absolute Gasteiger partial charge is 0.0412 e. The van der Waals surface area contributed by atoms with Crippen molar-refractivity contribution in [3.63, 3.8) is 0 Å². The van der Waals surface area contributed by atoms with Gasteiger partial charge >= 0.3 is 0 Å². The van der Waals surface area contributed by atoms with Crippen molar-refractivity contribution in [2.45, 2.75) is 60.0 Å². The van der Waals surface area contributed by atoms with Gasteiger partial charge in [-0.1, -0.05) is 52.8 Å². The second kappa shape index (κ2) is 6.83. The normalized spacial score (nSPS) is 19.5. The molecule has 0 saturated heterocycles. The van der Waals surface area contributed by atoms with E-state index in [2.05, 4.69) is 69.1 Å². The average molecular weight is 288 g/mol. The highest BCUT2D eigenvalue weighted by Gasteiger charge is 2.23. The molecular weight excluding hydrogens is 256 g/mol. The predicted octanol–water partition coefficient (Wildman–Crippen LogP) is 4.45. The maximum absolute atomic E-state index is 3.75. The first-order chi connectivity index (χ1) is 9.85. The number of hydrogen-bond donors (Lipinski definition) is 1. The summed E-state index contributed by atoms with van der Waals surface area (Å²) in [5.41, 5.74) is 3.26. The molecule has 0 saturated carbocycles. The molecule has 21 heavy (non-hydrogen) atoms. The summed E-state index contributed by atoms with van der Waals surface area (Å²) >= 11 is 0. The van der Waals surface area contributed by atoms with Crippen LogP contribution in [0.15, 0.2) is 24.3 Å². The Labute approximate surface area is 130 Å². The summed E-state index contributed by atoms with van der Waals surface area (Å²) in [4.78, 5) is 2.60. The zero-order chi connectivity index (χ0) is 15.5. The summed E-state index contributed by atoms with van der Waals surface area (Å²) in [6.45, 7) is 14.9. The van der Waals surface area contributed by atoms with E-state index in [1.165, 1.54) is 24.1 Å². The summed E-state index contributed by atoms with van der Waals surface area (Å²) in [6, 6.07) is 9.48. The van der Waals surface area contributed by atoms with Crippen LogP contribution in [0.4, 0.5) is 5.69 Å². The van der Waals surface area contributed by atoms with Crippen LogP contribution in [-0.4, -0.2) is 19.1 Å². The third kappa shape index (κ3) is 5.03. The zero-order valence-corrected chi connectivity index (χ0v) is 14.4. The maximum Gasteiger partial charge on any atom is 0.0412 e. The summed E-state index contributed by atoms with van der Waals surface area (Å²) in [7, 11) is 0. The van der Waals surface area contributed by atoms with Gasteiger partial charge in [-0.25, -0.2) is 0 Å². The van der Waals surface area contributed by atoms with E-state index in [1.807, 2.05) is 0 Å². The number of hydrogen-bond acceptors (Lipinski definition) is 2. The van der Waals surface area contributed by atoms with Crippen LogP contribution in [0.1, 0.15) is 53.0 Å². The Morgan fingerprint density at radius 3 is 2.62 bits per heavy atom. The topological polar surface area (TPSA) is 15.3 Å². The zero-order valence-electron chi connectivity index (χ0n) is 14.4. The van der Waals surface area contributed by atoms with Crippen LogP contribution >= 0.6 is 0 Å². The lowest BCUT2D eigenvalue weighted by Gasteiger charge is -2.31. The van der Waals surface area contributed by atoms with E-state index in [9.17, 15) is 0 Å². The minimum atomic E-state index is 0.391. The Morgan fingerprint density at radius 2 is 1.95 bits per heavy atom. The number of para-hydroxylation sites is 1. The Bertz CT molecular complexity index is 445. The first-order valence-electron chi connectivity index (χ1n) is 8.41. The highest BCUT2D eigenvalue weighted by atomic mass is 15.2. The molecule has 0 spiro atoms. The van der Waals surface area contributed by atoms with Crippen molar-refractivity contribution in [3.8, 4) is 0 Å². The Hall–Kier alpha value is -1.02. The third-order valence-corrected chi connectivity index (χ3v) is 4.24. The number of rotatable bonds is 4. The van der Waals surface area contributed by atoms with Crippen LogP contribution in [0.5, 0.6) is 0 Å². The molecule has 1 N–H and O–H groups in total. The molecule has 1 aliphatic heterocycles. The summed E-state index contributed by atoms with van der Waals surface area (Å²) in [5, 5.41) is 3.75. The van der Waals surface area contributed by atoms with Crippen LogP contribution in [0.25, 0.3) is 0 Å². The van der Waals surface area contributed by atoms with Crippen molar-refractivity contribution in [1.29, 1.82) is 0 Å². The number of benzene rings is 1. The van der Waals surface area contributed by atoms with Crippen molar-refractivity contribution in [2.24, 2.45) is 11.3 Å². The van der Waals surface area contributed by atoms with Crippen LogP contribution in [0.3, 0.4) is 0 Å². The van der Waals surface area contributed by atoms with Gasteiger partial charge in [-0.05, 0) is 35.8 Å². The van der Waals surface area contributed by atoms with Crippen LogP contribution in [0, 0.1) is 11.3 Å². The molecule has 1 aromatic carbocycles. The number of anilines is 1. The summed E-state index contributed by atoms with van der Waals surface area (Å²) in [6.07, 6.45) is 2.48. The second-order valence-electron chi connectivity index (χ2n) is 8.09. The quantitative estimate of drug-likeness (QED) is 0.880. The molecule has 0 aliphatic carbocycles. The molecule has 1 aliphatic rings. The fourth-order valence-electron chi connectivity index (χ4n) is 3.06. The van der Waals surface area contributed by atoms with Gasteiger partial charge in [0.15, 0.2) is 0 Å². The molecule has 0 fully saturated rings. The molecule has 1 aromatic rings. The molecule has 0 radical (unpaired) electrons. The number of nitrogens with zero attached hydrogens (tertiary/aromatic N) is 1. The maximum atomic E-state index is 3.75. The van der Waals surface area contributed by atoms with E-state index < -0.39 is 0 Å². The Balaban J connectivity index is 2.15. The fraction of sp³-hybridized carbons (Fsp3) is 0.684. The van der Waals surface area contributed by atoms with Crippen LogP contribution in [-0.2, 0) is 6.54 Å². The van der Waals surface area contributed by atoms with Gasteiger partial charge in [-0.3, -0.25) is 0 Å². The van der Waals surface area contributed by atoms with Crippen molar-refractivity contribution >= 4 is 5.69 Å². The molecule has 1 atom stereocenters. The molecule has 2 nitrogen and oxygen atoms in total. The van der Waals surface area contributed by atoms with Crippen molar-refractivity contribution in [1.82, 2.24) is 5.32 Å². The van der Waals surface area contributed by atoms with E-state index in [0.717, 1.165) is 25.6 Å². The number of fused-ring (bicyclic) bond motifs is 1. The minimum absolute atomic E-state index is 0.391. The highest BCUT2D eigenvalue weighted by molar-refractivity contribution is 5.54. The molecule has 1 heterocycles. The molecule has 0 aromatic heterocycles. The van der Waals surface area contributed by atoms with Gasteiger partial charge < -0.3 is 10.2 Å². The lowest BCUT2D eigenvalue weighted by molar-refractivity contribution is 0.369. The highest BCUT2D eigenvalue weighted by Crippen LogP contribution is 2.27. The first kappa shape index (κ1) is 16.4. The third-order valence-electron chi connectivity index (χ3n) is 4.24. The van der Waals surface area contributed by atoms with E-state index in [-0.39, 0.29) is 0 Å². The van der Waals surface area contributed by atoms with Gasteiger partial charge in [0, 0.05) is 31.4 Å². The van der Waals surface area contributed by atoms with Gasteiger partial charge in [0.2, 0.25) is 0 Å². The molecule has 2 heteroatoms. The Morgan fingerprint density at radius 1 is 1.24 bits per heavy atom. The Kier molecular flexibility index (Phi) is 5.32. The standard InChI is InChI=1S/C19H32N2/c1-15(2)12-17-14-21(11-10-19(3,4)5)18-9-7-6-8-16(18)13-20-17/h6-9,15,17,20H,10-14H2,1-5H3. The monoisotopic (exact) mass is 288 g/mol. The van der Waals surface area contributed by atoms with Gasteiger partial charge in [0.1, 0.15) is 0 Å². The minimum Gasteiger partial charge on any atom is -0.370 e. The van der Waals surface area contributed by atoms with Crippen molar-refractivity contribution in [3.05, 3.63) is 29.8 Å². The van der Waals surface area contributed by atoms with E-state index in [4.69, 9.17) is 0 Å². The first-order valence-corrected chi connectivity index (χ1v) is 8.41.